The molecule has 0 aliphatic heterocycles. The van der Waals surface area contributed by atoms with Crippen molar-refractivity contribution in [1.82, 2.24) is 5.32 Å². The molecule has 1 aliphatic rings. The molecule has 1 fully saturated rings. The molecule has 18 heavy (non-hydrogen) atoms. The fourth-order valence-electron chi connectivity index (χ4n) is 2.24. The predicted molar refractivity (Wildman–Crippen MR) is 82.4 cm³/mol. The predicted octanol–water partition coefficient (Wildman–Crippen LogP) is 2.43. The van der Waals surface area contributed by atoms with Crippen LogP contribution in [0.25, 0.3) is 0 Å². The van der Waals surface area contributed by atoms with Crippen LogP contribution in [0.3, 0.4) is 0 Å². The summed E-state index contributed by atoms with van der Waals surface area (Å²) >= 11 is 1.74. The first-order valence-corrected chi connectivity index (χ1v) is 7.86. The Morgan fingerprint density at radius 2 is 2.17 bits per heavy atom. The van der Waals surface area contributed by atoms with Crippen molar-refractivity contribution in [1.29, 1.82) is 0 Å². The maximum Gasteiger partial charge on any atom is 0.230 e. The largest absolute Gasteiger partial charge is 0.352 e. The minimum Gasteiger partial charge on any atom is -0.352 e. The van der Waals surface area contributed by atoms with Gasteiger partial charge >= 0.3 is 0 Å². The fraction of sp³-hybridized carbons (Fsp3) is 0.923. The number of nitrogens with two attached hydrogens (primary N) is 1. The van der Waals surface area contributed by atoms with Gasteiger partial charge in [-0.3, -0.25) is 4.79 Å². The standard InChI is InChI=1S/C13H26N2OS.ClH/c1-10(2)6-7-17-9-13(16)15-12-5-3-4-11(12)8-14;/h10-12H,3-9,14H2,1-2H3,(H,15,16);1H. The minimum atomic E-state index is 0. The van der Waals surface area contributed by atoms with E-state index in [-0.39, 0.29) is 18.3 Å². The van der Waals surface area contributed by atoms with E-state index in [1.54, 1.807) is 11.8 Å². The van der Waals surface area contributed by atoms with Crippen LogP contribution in [0, 0.1) is 11.8 Å². The average Bonchev–Trinajstić information content (AvgIpc) is 2.71. The van der Waals surface area contributed by atoms with Crippen LogP contribution in [0.5, 0.6) is 0 Å². The molecule has 0 aromatic heterocycles. The second kappa shape index (κ2) is 9.93. The Balaban J connectivity index is 0.00000289. The smallest absolute Gasteiger partial charge is 0.230 e. The molecule has 2 atom stereocenters. The zero-order valence-corrected chi connectivity index (χ0v) is 13.1. The van der Waals surface area contributed by atoms with E-state index in [9.17, 15) is 4.79 Å². The van der Waals surface area contributed by atoms with Gasteiger partial charge in [-0.2, -0.15) is 11.8 Å². The van der Waals surface area contributed by atoms with Crippen LogP contribution < -0.4 is 11.1 Å². The van der Waals surface area contributed by atoms with Gasteiger partial charge in [0.05, 0.1) is 5.75 Å². The van der Waals surface area contributed by atoms with Crippen LogP contribution in [-0.2, 0) is 4.79 Å². The average molecular weight is 295 g/mol. The molecule has 3 nitrogen and oxygen atoms in total. The van der Waals surface area contributed by atoms with Crippen LogP contribution in [0.4, 0.5) is 0 Å². The van der Waals surface area contributed by atoms with E-state index in [0.29, 0.717) is 24.3 Å². The normalized spacial score (nSPS) is 22.9. The molecule has 3 N–H and O–H groups in total. The van der Waals surface area contributed by atoms with E-state index in [0.717, 1.165) is 18.1 Å². The van der Waals surface area contributed by atoms with Crippen molar-refractivity contribution in [3.8, 4) is 0 Å². The van der Waals surface area contributed by atoms with Crippen molar-refractivity contribution in [3.05, 3.63) is 0 Å². The molecule has 0 aromatic carbocycles. The summed E-state index contributed by atoms with van der Waals surface area (Å²) in [6, 6.07) is 0.332. The Hall–Kier alpha value is 0.0700. The molecule has 0 heterocycles. The molecular formula is C13H27ClN2OS. The molecule has 1 rings (SSSR count). The first kappa shape index (κ1) is 18.1. The molecule has 2 unspecified atom stereocenters. The fourth-order valence-corrected chi connectivity index (χ4v) is 3.29. The van der Waals surface area contributed by atoms with Crippen LogP contribution >= 0.6 is 24.2 Å². The van der Waals surface area contributed by atoms with E-state index in [4.69, 9.17) is 5.73 Å². The van der Waals surface area contributed by atoms with Crippen molar-refractivity contribution in [3.63, 3.8) is 0 Å². The second-order valence-electron chi connectivity index (χ2n) is 5.34. The van der Waals surface area contributed by atoms with Crippen molar-refractivity contribution >= 4 is 30.1 Å². The molecule has 0 radical (unpaired) electrons. The van der Waals surface area contributed by atoms with Gasteiger partial charge in [0.1, 0.15) is 0 Å². The lowest BCUT2D eigenvalue weighted by Gasteiger charge is -2.19. The van der Waals surface area contributed by atoms with Crippen molar-refractivity contribution in [2.24, 2.45) is 17.6 Å². The highest BCUT2D eigenvalue weighted by Gasteiger charge is 2.26. The van der Waals surface area contributed by atoms with Gasteiger partial charge < -0.3 is 11.1 Å². The van der Waals surface area contributed by atoms with Crippen LogP contribution in [-0.4, -0.2) is 30.0 Å². The Morgan fingerprint density at radius 1 is 1.44 bits per heavy atom. The van der Waals surface area contributed by atoms with Gasteiger partial charge in [-0.1, -0.05) is 20.3 Å². The summed E-state index contributed by atoms with van der Waals surface area (Å²) in [5, 5.41) is 3.13. The summed E-state index contributed by atoms with van der Waals surface area (Å²) in [5.41, 5.74) is 5.70. The summed E-state index contributed by atoms with van der Waals surface area (Å²) < 4.78 is 0. The third-order valence-electron chi connectivity index (χ3n) is 3.38. The molecule has 1 saturated carbocycles. The van der Waals surface area contributed by atoms with E-state index in [1.807, 2.05) is 0 Å². The molecule has 0 spiro atoms. The van der Waals surface area contributed by atoms with Crippen molar-refractivity contribution in [2.45, 2.75) is 45.6 Å². The number of nitrogens with one attached hydrogen (secondary N) is 1. The Bertz CT molecular complexity index is 239. The van der Waals surface area contributed by atoms with E-state index in [1.165, 1.54) is 19.3 Å². The monoisotopic (exact) mass is 294 g/mol. The molecule has 108 valence electrons. The minimum absolute atomic E-state index is 0. The third kappa shape index (κ3) is 6.86. The molecule has 0 saturated heterocycles. The van der Waals surface area contributed by atoms with Gasteiger partial charge in [0.25, 0.3) is 0 Å². The lowest BCUT2D eigenvalue weighted by atomic mass is 10.0. The maximum atomic E-state index is 11.7. The zero-order valence-electron chi connectivity index (χ0n) is 11.5. The number of hydrogen-bond donors (Lipinski definition) is 2. The highest BCUT2D eigenvalue weighted by molar-refractivity contribution is 7.99. The SMILES string of the molecule is CC(C)CCSCC(=O)NC1CCCC1CN.Cl. The van der Waals surface area contributed by atoms with Gasteiger partial charge in [0.2, 0.25) is 5.91 Å². The highest BCUT2D eigenvalue weighted by atomic mass is 35.5. The number of amides is 1. The van der Waals surface area contributed by atoms with Gasteiger partial charge in [0, 0.05) is 6.04 Å². The lowest BCUT2D eigenvalue weighted by molar-refractivity contribution is -0.119. The molecule has 0 bridgehead atoms. The van der Waals surface area contributed by atoms with Crippen molar-refractivity contribution in [2.75, 3.05) is 18.1 Å². The van der Waals surface area contributed by atoms with Crippen molar-refractivity contribution < 1.29 is 4.79 Å². The molecule has 0 aromatic rings. The zero-order chi connectivity index (χ0) is 12.7. The number of hydrogen-bond acceptors (Lipinski definition) is 3. The van der Waals surface area contributed by atoms with Crippen LogP contribution in [0.15, 0.2) is 0 Å². The van der Waals surface area contributed by atoms with Gasteiger partial charge in [0.15, 0.2) is 0 Å². The summed E-state index contributed by atoms with van der Waals surface area (Å²) in [7, 11) is 0. The van der Waals surface area contributed by atoms with Gasteiger partial charge in [-0.15, -0.1) is 12.4 Å². The number of rotatable bonds is 7. The first-order valence-electron chi connectivity index (χ1n) is 6.70. The van der Waals surface area contributed by atoms with Crippen LogP contribution in [0.1, 0.15) is 39.5 Å². The summed E-state index contributed by atoms with van der Waals surface area (Å²) in [4.78, 5) is 11.7. The number of carbonyl (C=O) groups is 1. The van der Waals surface area contributed by atoms with E-state index >= 15 is 0 Å². The topological polar surface area (TPSA) is 55.1 Å². The maximum absolute atomic E-state index is 11.7. The quantitative estimate of drug-likeness (QED) is 0.709. The van der Waals surface area contributed by atoms with Crippen LogP contribution in [0.2, 0.25) is 0 Å². The Labute approximate surface area is 121 Å². The third-order valence-corrected chi connectivity index (χ3v) is 4.37. The molecular weight excluding hydrogens is 268 g/mol. The summed E-state index contributed by atoms with van der Waals surface area (Å²) in [6.07, 6.45) is 4.66. The molecule has 1 aliphatic carbocycles. The van der Waals surface area contributed by atoms with Gasteiger partial charge in [-0.05, 0) is 43.4 Å². The highest BCUT2D eigenvalue weighted by Crippen LogP contribution is 2.24. The lowest BCUT2D eigenvalue weighted by Crippen LogP contribution is -2.40. The van der Waals surface area contributed by atoms with E-state index in [2.05, 4.69) is 19.2 Å². The number of halogens is 1. The Kier molecular flexibility index (Phi) is 9.97. The Morgan fingerprint density at radius 3 is 2.78 bits per heavy atom. The van der Waals surface area contributed by atoms with Gasteiger partial charge in [-0.25, -0.2) is 0 Å². The summed E-state index contributed by atoms with van der Waals surface area (Å²) in [5.74, 6) is 3.09. The second-order valence-corrected chi connectivity index (χ2v) is 6.44. The first-order chi connectivity index (χ1) is 8.13. The molecule has 5 heteroatoms. The molecule has 1 amide bonds. The number of thioether (sulfide) groups is 1. The summed E-state index contributed by atoms with van der Waals surface area (Å²) in [6.45, 7) is 5.13. The van der Waals surface area contributed by atoms with E-state index < -0.39 is 0 Å². The number of carbonyl (C=O) groups excluding carboxylic acids is 1.